The number of ether oxygens (including phenoxy) is 1. The van der Waals surface area contributed by atoms with Crippen molar-refractivity contribution in [2.75, 3.05) is 17.7 Å². The number of carbonyl (C=O) groups excluding carboxylic acids is 1. The van der Waals surface area contributed by atoms with Crippen LogP contribution in [0.4, 0.5) is 10.8 Å². The van der Waals surface area contributed by atoms with Gasteiger partial charge in [-0.15, -0.1) is 11.3 Å². The Morgan fingerprint density at radius 2 is 2.26 bits per heavy atom. The molecule has 0 aliphatic rings. The zero-order valence-corrected chi connectivity index (χ0v) is 11.6. The number of rotatable bonds is 4. The topological polar surface area (TPSA) is 77.2 Å². The summed E-state index contributed by atoms with van der Waals surface area (Å²) in [6.45, 7) is 3.71. The minimum Gasteiger partial charge on any atom is -0.483 e. The van der Waals surface area contributed by atoms with E-state index in [1.54, 1.807) is 18.2 Å². The first-order chi connectivity index (χ1) is 9.04. The van der Waals surface area contributed by atoms with E-state index in [1.807, 2.05) is 19.2 Å². The first-order valence-electron chi connectivity index (χ1n) is 5.75. The average molecular weight is 277 g/mol. The molecule has 2 rings (SSSR count). The molecule has 0 unspecified atom stereocenters. The minimum absolute atomic E-state index is 0.0522. The number of anilines is 2. The summed E-state index contributed by atoms with van der Waals surface area (Å²) in [5.74, 6) is 0.422. The molecular weight excluding hydrogens is 262 g/mol. The standard InChI is InChI=1S/C13H15N3O2S/c1-8-5-10(14)3-4-11(8)18-6-12(17)16-13-15-9(2)7-19-13/h3-5,7H,6,14H2,1-2H3,(H,15,16,17). The minimum atomic E-state index is -0.231. The molecule has 0 aliphatic heterocycles. The highest BCUT2D eigenvalue weighted by atomic mass is 32.1. The summed E-state index contributed by atoms with van der Waals surface area (Å²) < 4.78 is 5.44. The number of thiazole rings is 1. The second-order valence-electron chi connectivity index (χ2n) is 4.16. The molecule has 2 aromatic rings. The second-order valence-corrected chi connectivity index (χ2v) is 5.01. The molecule has 1 heterocycles. The molecule has 0 radical (unpaired) electrons. The molecule has 0 atom stereocenters. The maximum absolute atomic E-state index is 11.7. The smallest absolute Gasteiger partial charge is 0.264 e. The largest absolute Gasteiger partial charge is 0.483 e. The highest BCUT2D eigenvalue weighted by Crippen LogP contribution is 2.20. The summed E-state index contributed by atoms with van der Waals surface area (Å²) in [5.41, 5.74) is 8.11. The van der Waals surface area contributed by atoms with Gasteiger partial charge in [-0.2, -0.15) is 0 Å². The molecule has 0 aliphatic carbocycles. The van der Waals surface area contributed by atoms with E-state index in [4.69, 9.17) is 10.5 Å². The van der Waals surface area contributed by atoms with E-state index < -0.39 is 0 Å². The van der Waals surface area contributed by atoms with Gasteiger partial charge in [0.15, 0.2) is 11.7 Å². The number of carbonyl (C=O) groups is 1. The van der Waals surface area contributed by atoms with E-state index in [1.165, 1.54) is 11.3 Å². The van der Waals surface area contributed by atoms with Crippen LogP contribution in [0.3, 0.4) is 0 Å². The fourth-order valence-electron chi connectivity index (χ4n) is 1.54. The molecule has 1 amide bonds. The van der Waals surface area contributed by atoms with Crippen molar-refractivity contribution in [1.82, 2.24) is 4.98 Å². The molecule has 3 N–H and O–H groups in total. The number of aromatic nitrogens is 1. The number of hydrogen-bond donors (Lipinski definition) is 2. The Kier molecular flexibility index (Phi) is 4.01. The van der Waals surface area contributed by atoms with Gasteiger partial charge in [-0.25, -0.2) is 4.98 Å². The monoisotopic (exact) mass is 277 g/mol. The van der Waals surface area contributed by atoms with E-state index in [-0.39, 0.29) is 12.5 Å². The predicted octanol–water partition coefficient (Wildman–Crippen LogP) is 2.36. The summed E-state index contributed by atoms with van der Waals surface area (Å²) in [7, 11) is 0. The lowest BCUT2D eigenvalue weighted by atomic mass is 10.2. The number of nitrogen functional groups attached to an aromatic ring is 1. The molecule has 1 aromatic heterocycles. The summed E-state index contributed by atoms with van der Waals surface area (Å²) >= 11 is 1.39. The van der Waals surface area contributed by atoms with Crippen LogP contribution < -0.4 is 15.8 Å². The summed E-state index contributed by atoms with van der Waals surface area (Å²) in [5, 5.41) is 5.14. The van der Waals surface area contributed by atoms with Gasteiger partial charge in [0.1, 0.15) is 5.75 Å². The van der Waals surface area contributed by atoms with Gasteiger partial charge in [0, 0.05) is 11.1 Å². The van der Waals surface area contributed by atoms with Gasteiger partial charge in [0.2, 0.25) is 0 Å². The molecule has 0 bridgehead atoms. The Hall–Kier alpha value is -2.08. The van der Waals surface area contributed by atoms with Gasteiger partial charge in [-0.1, -0.05) is 0 Å². The molecule has 6 heteroatoms. The Morgan fingerprint density at radius 1 is 1.47 bits per heavy atom. The lowest BCUT2D eigenvalue weighted by Gasteiger charge is -2.09. The third-order valence-corrected chi connectivity index (χ3v) is 3.30. The molecule has 100 valence electrons. The first kappa shape index (κ1) is 13.4. The Balaban J connectivity index is 1.89. The Morgan fingerprint density at radius 3 is 2.89 bits per heavy atom. The summed E-state index contributed by atoms with van der Waals surface area (Å²) in [6, 6.07) is 5.30. The number of benzene rings is 1. The fourth-order valence-corrected chi connectivity index (χ4v) is 2.25. The maximum Gasteiger partial charge on any atom is 0.264 e. The molecule has 19 heavy (non-hydrogen) atoms. The molecule has 0 spiro atoms. The van der Waals surface area contributed by atoms with Crippen molar-refractivity contribution in [2.24, 2.45) is 0 Å². The number of aryl methyl sites for hydroxylation is 2. The second kappa shape index (κ2) is 5.71. The number of nitrogens with one attached hydrogen (secondary N) is 1. The first-order valence-corrected chi connectivity index (χ1v) is 6.63. The molecule has 0 saturated heterocycles. The summed E-state index contributed by atoms with van der Waals surface area (Å²) in [4.78, 5) is 15.8. The lowest BCUT2D eigenvalue weighted by molar-refractivity contribution is -0.118. The van der Waals surface area contributed by atoms with Gasteiger partial charge >= 0.3 is 0 Å². The van der Waals surface area contributed by atoms with E-state index >= 15 is 0 Å². The van der Waals surface area contributed by atoms with Crippen LogP contribution in [0.1, 0.15) is 11.3 Å². The van der Waals surface area contributed by atoms with E-state index in [0.717, 1.165) is 11.3 Å². The normalized spacial score (nSPS) is 10.2. The van der Waals surface area contributed by atoms with Crippen LogP contribution in [0.15, 0.2) is 23.6 Å². The quantitative estimate of drug-likeness (QED) is 0.841. The highest BCUT2D eigenvalue weighted by Gasteiger charge is 2.07. The molecular formula is C13H15N3O2S. The fraction of sp³-hybridized carbons (Fsp3) is 0.231. The number of amides is 1. The van der Waals surface area contributed by atoms with Gasteiger partial charge in [-0.05, 0) is 37.6 Å². The van der Waals surface area contributed by atoms with E-state index in [0.29, 0.717) is 16.6 Å². The van der Waals surface area contributed by atoms with Crippen LogP contribution >= 0.6 is 11.3 Å². The van der Waals surface area contributed by atoms with Crippen molar-refractivity contribution in [3.63, 3.8) is 0 Å². The van der Waals surface area contributed by atoms with Gasteiger partial charge in [0.25, 0.3) is 5.91 Å². The van der Waals surface area contributed by atoms with E-state index in [2.05, 4.69) is 10.3 Å². The molecule has 5 nitrogen and oxygen atoms in total. The van der Waals surface area contributed by atoms with Gasteiger partial charge < -0.3 is 10.5 Å². The van der Waals surface area contributed by atoms with Crippen molar-refractivity contribution in [1.29, 1.82) is 0 Å². The zero-order chi connectivity index (χ0) is 13.8. The van der Waals surface area contributed by atoms with Crippen molar-refractivity contribution in [2.45, 2.75) is 13.8 Å². The van der Waals surface area contributed by atoms with E-state index in [9.17, 15) is 4.79 Å². The van der Waals surface area contributed by atoms with Crippen molar-refractivity contribution in [3.8, 4) is 5.75 Å². The number of nitrogens with zero attached hydrogens (tertiary/aromatic N) is 1. The average Bonchev–Trinajstić information content (AvgIpc) is 2.73. The third kappa shape index (κ3) is 3.69. The van der Waals surface area contributed by atoms with Crippen LogP contribution in [-0.2, 0) is 4.79 Å². The zero-order valence-electron chi connectivity index (χ0n) is 10.8. The SMILES string of the molecule is Cc1csc(NC(=O)COc2ccc(N)cc2C)n1. The van der Waals surface area contributed by atoms with Crippen molar-refractivity contribution >= 4 is 28.1 Å². The molecule has 0 fully saturated rings. The third-order valence-electron chi connectivity index (χ3n) is 2.42. The maximum atomic E-state index is 11.7. The summed E-state index contributed by atoms with van der Waals surface area (Å²) in [6.07, 6.45) is 0. The van der Waals surface area contributed by atoms with Crippen LogP contribution in [0, 0.1) is 13.8 Å². The molecule has 1 aromatic carbocycles. The molecule has 0 saturated carbocycles. The predicted molar refractivity (Wildman–Crippen MR) is 76.6 cm³/mol. The van der Waals surface area contributed by atoms with Crippen LogP contribution in [0.25, 0.3) is 0 Å². The van der Waals surface area contributed by atoms with Crippen molar-refractivity contribution in [3.05, 3.63) is 34.8 Å². The van der Waals surface area contributed by atoms with Crippen LogP contribution in [0.5, 0.6) is 5.75 Å². The van der Waals surface area contributed by atoms with Gasteiger partial charge in [0.05, 0.1) is 5.69 Å². The highest BCUT2D eigenvalue weighted by molar-refractivity contribution is 7.13. The van der Waals surface area contributed by atoms with Crippen LogP contribution in [0.2, 0.25) is 0 Å². The van der Waals surface area contributed by atoms with Gasteiger partial charge in [-0.3, -0.25) is 10.1 Å². The Bertz CT molecular complexity index is 595. The van der Waals surface area contributed by atoms with Crippen LogP contribution in [-0.4, -0.2) is 17.5 Å². The lowest BCUT2D eigenvalue weighted by Crippen LogP contribution is -2.20. The number of hydrogen-bond acceptors (Lipinski definition) is 5. The Labute approximate surface area is 115 Å². The number of nitrogens with two attached hydrogens (primary N) is 1. The van der Waals surface area contributed by atoms with Crippen molar-refractivity contribution < 1.29 is 9.53 Å².